The van der Waals surface area contributed by atoms with Crippen LogP contribution in [-0.4, -0.2) is 5.97 Å². The summed E-state index contributed by atoms with van der Waals surface area (Å²) >= 11 is 0. The van der Waals surface area contributed by atoms with Gasteiger partial charge in [0.15, 0.2) is 0 Å². The van der Waals surface area contributed by atoms with Crippen LogP contribution in [-0.2, 0) is 9.53 Å². The number of carbonyl (C=O) groups excluding carboxylic acids is 1. The van der Waals surface area contributed by atoms with E-state index in [1.807, 2.05) is 6.08 Å². The fourth-order valence-electron chi connectivity index (χ4n) is 1.34. The molecule has 0 saturated carbocycles. The van der Waals surface area contributed by atoms with Crippen molar-refractivity contribution in [1.29, 1.82) is 0 Å². The van der Waals surface area contributed by atoms with Gasteiger partial charge in [0, 0.05) is 6.08 Å². The number of allylic oxidation sites excluding steroid dienone is 1. The lowest BCUT2D eigenvalue weighted by Gasteiger charge is -1.97. The maximum Gasteiger partial charge on any atom is 0.335 e. The first-order valence-corrected chi connectivity index (χ1v) is 5.79. The second kappa shape index (κ2) is 11.0. The molecule has 2 heteroatoms. The van der Waals surface area contributed by atoms with Crippen LogP contribution < -0.4 is 0 Å². The van der Waals surface area contributed by atoms with Gasteiger partial charge in [-0.1, -0.05) is 51.7 Å². The molecule has 0 heterocycles. The largest absolute Gasteiger partial charge is 0.432 e. The lowest BCUT2D eigenvalue weighted by Crippen LogP contribution is -1.92. The third kappa shape index (κ3) is 10.9. The number of esters is 1. The van der Waals surface area contributed by atoms with E-state index in [-0.39, 0.29) is 5.97 Å². The summed E-state index contributed by atoms with van der Waals surface area (Å²) in [5.74, 6) is -0.337. The SMILES string of the molecule is C=COC(=O)C=CCCCCCCCC. The van der Waals surface area contributed by atoms with Gasteiger partial charge in [-0.2, -0.15) is 0 Å². The summed E-state index contributed by atoms with van der Waals surface area (Å²) in [4.78, 5) is 10.8. The van der Waals surface area contributed by atoms with Crippen molar-refractivity contribution >= 4 is 5.97 Å². The highest BCUT2D eigenvalue weighted by Gasteiger charge is 1.91. The van der Waals surface area contributed by atoms with Crippen molar-refractivity contribution in [3.63, 3.8) is 0 Å². The number of rotatable bonds is 9. The molecule has 0 amide bonds. The molecule has 0 bridgehead atoms. The fraction of sp³-hybridized carbons (Fsp3) is 0.615. The molecular formula is C13H22O2. The molecule has 0 rings (SSSR count). The summed E-state index contributed by atoms with van der Waals surface area (Å²) in [7, 11) is 0. The van der Waals surface area contributed by atoms with Gasteiger partial charge >= 0.3 is 5.97 Å². The summed E-state index contributed by atoms with van der Waals surface area (Å²) in [5.41, 5.74) is 0. The average Bonchev–Trinajstić information content (AvgIpc) is 2.22. The predicted octanol–water partition coefficient (Wildman–Crippen LogP) is 3.98. The van der Waals surface area contributed by atoms with E-state index < -0.39 is 0 Å². The monoisotopic (exact) mass is 210 g/mol. The van der Waals surface area contributed by atoms with Gasteiger partial charge in [0.2, 0.25) is 0 Å². The summed E-state index contributed by atoms with van der Waals surface area (Å²) in [6.07, 6.45) is 13.1. The molecule has 0 unspecified atom stereocenters. The van der Waals surface area contributed by atoms with Crippen molar-refractivity contribution in [2.24, 2.45) is 0 Å². The molecule has 0 aliphatic carbocycles. The molecule has 0 N–H and O–H groups in total. The first-order chi connectivity index (χ1) is 7.31. The van der Waals surface area contributed by atoms with Crippen LogP contribution in [0.1, 0.15) is 51.9 Å². The van der Waals surface area contributed by atoms with Crippen LogP contribution in [0.4, 0.5) is 0 Å². The molecule has 0 aromatic carbocycles. The topological polar surface area (TPSA) is 26.3 Å². The maximum atomic E-state index is 10.8. The highest BCUT2D eigenvalue weighted by Crippen LogP contribution is 2.07. The molecule has 2 nitrogen and oxygen atoms in total. The molecule has 15 heavy (non-hydrogen) atoms. The number of carbonyl (C=O) groups is 1. The molecule has 0 radical (unpaired) electrons. The van der Waals surface area contributed by atoms with Gasteiger partial charge in [0.1, 0.15) is 0 Å². The second-order valence-corrected chi connectivity index (χ2v) is 3.56. The molecular weight excluding hydrogens is 188 g/mol. The Bertz CT molecular complexity index is 195. The van der Waals surface area contributed by atoms with Crippen LogP contribution in [0.15, 0.2) is 25.0 Å². The molecule has 0 saturated heterocycles. The maximum absolute atomic E-state index is 10.8. The minimum absolute atomic E-state index is 0.337. The Morgan fingerprint density at radius 2 is 1.87 bits per heavy atom. The Hall–Kier alpha value is -1.05. The van der Waals surface area contributed by atoms with E-state index in [1.165, 1.54) is 38.2 Å². The highest BCUT2D eigenvalue weighted by atomic mass is 16.5. The van der Waals surface area contributed by atoms with E-state index in [4.69, 9.17) is 0 Å². The van der Waals surface area contributed by atoms with Crippen molar-refractivity contribution in [3.05, 3.63) is 25.0 Å². The van der Waals surface area contributed by atoms with Gasteiger partial charge in [0.05, 0.1) is 6.26 Å². The summed E-state index contributed by atoms with van der Waals surface area (Å²) in [6, 6.07) is 0. The minimum atomic E-state index is -0.337. The van der Waals surface area contributed by atoms with Crippen molar-refractivity contribution in [3.8, 4) is 0 Å². The van der Waals surface area contributed by atoms with Crippen LogP contribution in [0.3, 0.4) is 0 Å². The molecule has 86 valence electrons. The van der Waals surface area contributed by atoms with Crippen LogP contribution in [0.5, 0.6) is 0 Å². The summed E-state index contributed by atoms with van der Waals surface area (Å²) in [5, 5.41) is 0. The normalized spacial score (nSPS) is 10.5. The second-order valence-electron chi connectivity index (χ2n) is 3.56. The van der Waals surface area contributed by atoms with Gasteiger partial charge in [-0.05, 0) is 12.8 Å². The van der Waals surface area contributed by atoms with E-state index in [2.05, 4.69) is 18.2 Å². The van der Waals surface area contributed by atoms with E-state index in [1.54, 1.807) is 0 Å². The van der Waals surface area contributed by atoms with Crippen molar-refractivity contribution in [2.45, 2.75) is 51.9 Å². The van der Waals surface area contributed by atoms with E-state index in [0.717, 1.165) is 19.1 Å². The predicted molar refractivity (Wildman–Crippen MR) is 63.4 cm³/mol. The van der Waals surface area contributed by atoms with Crippen molar-refractivity contribution in [1.82, 2.24) is 0 Å². The molecule has 0 aromatic rings. The number of hydrogen-bond acceptors (Lipinski definition) is 2. The van der Waals surface area contributed by atoms with Gasteiger partial charge in [0.25, 0.3) is 0 Å². The van der Waals surface area contributed by atoms with Crippen LogP contribution in [0.25, 0.3) is 0 Å². The van der Waals surface area contributed by atoms with E-state index in [0.29, 0.717) is 0 Å². The number of hydrogen-bond donors (Lipinski definition) is 0. The smallest absolute Gasteiger partial charge is 0.335 e. The third-order valence-electron chi connectivity index (χ3n) is 2.18. The summed E-state index contributed by atoms with van der Waals surface area (Å²) < 4.78 is 4.54. The van der Waals surface area contributed by atoms with E-state index in [9.17, 15) is 4.79 Å². The van der Waals surface area contributed by atoms with Crippen molar-refractivity contribution in [2.75, 3.05) is 0 Å². The van der Waals surface area contributed by atoms with E-state index >= 15 is 0 Å². The molecule has 0 spiro atoms. The molecule has 0 aliphatic rings. The van der Waals surface area contributed by atoms with Gasteiger partial charge in [-0.15, -0.1) is 0 Å². The lowest BCUT2D eigenvalue weighted by molar-refractivity contribution is -0.132. The summed E-state index contributed by atoms with van der Waals surface area (Å²) in [6.45, 7) is 5.53. The quantitative estimate of drug-likeness (QED) is 0.249. The van der Waals surface area contributed by atoms with Crippen LogP contribution in [0.2, 0.25) is 0 Å². The molecule has 0 fully saturated rings. The lowest BCUT2D eigenvalue weighted by atomic mass is 10.1. The van der Waals surface area contributed by atoms with Crippen molar-refractivity contribution < 1.29 is 9.53 Å². The number of unbranched alkanes of at least 4 members (excludes halogenated alkanes) is 6. The third-order valence-corrected chi connectivity index (χ3v) is 2.18. The van der Waals surface area contributed by atoms with Crippen LogP contribution >= 0.6 is 0 Å². The van der Waals surface area contributed by atoms with Crippen LogP contribution in [0, 0.1) is 0 Å². The molecule has 0 atom stereocenters. The zero-order valence-corrected chi connectivity index (χ0v) is 9.71. The first kappa shape index (κ1) is 13.9. The Kier molecular flexibility index (Phi) is 10.3. The highest BCUT2D eigenvalue weighted by molar-refractivity contribution is 5.82. The zero-order chi connectivity index (χ0) is 11.4. The first-order valence-electron chi connectivity index (χ1n) is 5.79. The Balaban J connectivity index is 3.22. The minimum Gasteiger partial charge on any atom is -0.432 e. The van der Waals surface area contributed by atoms with Gasteiger partial charge < -0.3 is 4.74 Å². The fourth-order valence-corrected chi connectivity index (χ4v) is 1.34. The Labute approximate surface area is 93.0 Å². The Morgan fingerprint density at radius 1 is 1.20 bits per heavy atom. The molecule has 0 aliphatic heterocycles. The van der Waals surface area contributed by atoms with Gasteiger partial charge in [-0.3, -0.25) is 0 Å². The van der Waals surface area contributed by atoms with Gasteiger partial charge in [-0.25, -0.2) is 4.79 Å². The number of ether oxygens (including phenoxy) is 1. The average molecular weight is 210 g/mol. The molecule has 0 aromatic heterocycles. The standard InChI is InChI=1S/C13H22O2/c1-3-5-6-7-8-9-10-11-12-13(14)15-4-2/h4,11-12H,2-3,5-10H2,1H3. The Morgan fingerprint density at radius 3 is 2.53 bits per heavy atom. The zero-order valence-electron chi connectivity index (χ0n) is 9.71.